The highest BCUT2D eigenvalue weighted by atomic mass is 79.9. The summed E-state index contributed by atoms with van der Waals surface area (Å²) in [6, 6.07) is 15.5. The van der Waals surface area contributed by atoms with Crippen LogP contribution in [-0.2, 0) is 6.54 Å². The number of carbonyl (C=O) groups excluding carboxylic acids is 1. The molecule has 1 heterocycles. The fourth-order valence-corrected chi connectivity index (χ4v) is 2.80. The predicted molar refractivity (Wildman–Crippen MR) is 83.9 cm³/mol. The molecule has 0 N–H and O–H groups in total. The standard InChI is InChI=1S/C17H16BrNO/c18-16-7-2-6-15(11-16)17(20)14-5-1-4-13(10-14)12-19-8-3-9-19/h1-2,4-7,10-11H,3,8-9,12H2. The Morgan fingerprint density at radius 3 is 2.40 bits per heavy atom. The Labute approximate surface area is 127 Å². The summed E-state index contributed by atoms with van der Waals surface area (Å²) in [5.74, 6) is 0.0803. The van der Waals surface area contributed by atoms with Gasteiger partial charge in [-0.25, -0.2) is 0 Å². The Kier molecular flexibility index (Phi) is 3.99. The van der Waals surface area contributed by atoms with Gasteiger partial charge in [0.2, 0.25) is 0 Å². The molecule has 0 spiro atoms. The summed E-state index contributed by atoms with van der Waals surface area (Å²) in [5, 5.41) is 0. The van der Waals surface area contributed by atoms with Crippen molar-refractivity contribution in [2.75, 3.05) is 13.1 Å². The molecule has 0 amide bonds. The maximum atomic E-state index is 12.5. The summed E-state index contributed by atoms with van der Waals surface area (Å²) in [5.41, 5.74) is 2.70. The Morgan fingerprint density at radius 1 is 1.05 bits per heavy atom. The second-order valence-electron chi connectivity index (χ2n) is 5.17. The smallest absolute Gasteiger partial charge is 0.193 e. The molecule has 20 heavy (non-hydrogen) atoms. The van der Waals surface area contributed by atoms with E-state index < -0.39 is 0 Å². The summed E-state index contributed by atoms with van der Waals surface area (Å²) >= 11 is 3.41. The molecule has 0 radical (unpaired) electrons. The molecule has 1 fully saturated rings. The number of carbonyl (C=O) groups is 1. The van der Waals surface area contributed by atoms with Crippen LogP contribution in [0, 0.1) is 0 Å². The number of hydrogen-bond acceptors (Lipinski definition) is 2. The predicted octanol–water partition coefficient (Wildman–Crippen LogP) is 3.89. The highest BCUT2D eigenvalue weighted by Gasteiger charge is 2.15. The Balaban J connectivity index is 1.82. The normalized spacial score (nSPS) is 14.8. The maximum Gasteiger partial charge on any atom is 0.193 e. The van der Waals surface area contributed by atoms with Crippen molar-refractivity contribution in [1.82, 2.24) is 4.90 Å². The van der Waals surface area contributed by atoms with Crippen LogP contribution in [-0.4, -0.2) is 23.8 Å². The number of rotatable bonds is 4. The van der Waals surface area contributed by atoms with E-state index in [-0.39, 0.29) is 5.78 Å². The summed E-state index contributed by atoms with van der Waals surface area (Å²) in [7, 11) is 0. The first-order valence-corrected chi connectivity index (χ1v) is 7.63. The van der Waals surface area contributed by atoms with Gasteiger partial charge in [-0.15, -0.1) is 0 Å². The third-order valence-corrected chi connectivity index (χ3v) is 4.12. The lowest BCUT2D eigenvalue weighted by Crippen LogP contribution is -2.36. The molecule has 3 heteroatoms. The minimum Gasteiger partial charge on any atom is -0.299 e. The van der Waals surface area contributed by atoms with Gasteiger partial charge in [0.05, 0.1) is 0 Å². The molecule has 0 saturated carbocycles. The third-order valence-electron chi connectivity index (χ3n) is 3.63. The van der Waals surface area contributed by atoms with Gasteiger partial charge in [-0.05, 0) is 43.3 Å². The number of hydrogen-bond donors (Lipinski definition) is 0. The number of likely N-dealkylation sites (tertiary alicyclic amines) is 1. The van der Waals surface area contributed by atoms with E-state index >= 15 is 0 Å². The Morgan fingerprint density at radius 2 is 1.75 bits per heavy atom. The molecular weight excluding hydrogens is 314 g/mol. The second kappa shape index (κ2) is 5.90. The van der Waals surface area contributed by atoms with Gasteiger partial charge < -0.3 is 0 Å². The zero-order valence-electron chi connectivity index (χ0n) is 11.2. The first-order valence-electron chi connectivity index (χ1n) is 6.84. The van der Waals surface area contributed by atoms with Crippen molar-refractivity contribution >= 4 is 21.7 Å². The summed E-state index contributed by atoms with van der Waals surface area (Å²) in [4.78, 5) is 14.9. The average molecular weight is 330 g/mol. The molecule has 1 saturated heterocycles. The lowest BCUT2D eigenvalue weighted by atomic mass is 10.0. The van der Waals surface area contributed by atoms with Crippen LogP contribution >= 0.6 is 15.9 Å². The third kappa shape index (κ3) is 3.00. The fourth-order valence-electron chi connectivity index (χ4n) is 2.41. The van der Waals surface area contributed by atoms with Crippen LogP contribution in [0.4, 0.5) is 0 Å². The molecule has 0 bridgehead atoms. The topological polar surface area (TPSA) is 20.3 Å². The zero-order valence-corrected chi connectivity index (χ0v) is 12.8. The van der Waals surface area contributed by atoms with Crippen LogP contribution in [0.1, 0.15) is 27.9 Å². The fraction of sp³-hybridized carbons (Fsp3) is 0.235. The molecule has 2 aromatic carbocycles. The number of benzene rings is 2. The average Bonchev–Trinajstić information content (AvgIpc) is 2.42. The maximum absolute atomic E-state index is 12.5. The molecule has 0 aromatic heterocycles. The van der Waals surface area contributed by atoms with Crippen molar-refractivity contribution in [3.8, 4) is 0 Å². The molecule has 0 unspecified atom stereocenters. The SMILES string of the molecule is O=C(c1cccc(Br)c1)c1cccc(CN2CCC2)c1. The van der Waals surface area contributed by atoms with Gasteiger partial charge in [0.1, 0.15) is 0 Å². The van der Waals surface area contributed by atoms with Gasteiger partial charge in [-0.2, -0.15) is 0 Å². The van der Waals surface area contributed by atoms with Gasteiger partial charge in [0, 0.05) is 22.1 Å². The lowest BCUT2D eigenvalue weighted by molar-refractivity contribution is 0.103. The van der Waals surface area contributed by atoms with Gasteiger partial charge in [-0.1, -0.05) is 46.3 Å². The van der Waals surface area contributed by atoms with E-state index in [1.165, 1.54) is 25.1 Å². The van der Waals surface area contributed by atoms with Crippen molar-refractivity contribution in [3.63, 3.8) is 0 Å². The van der Waals surface area contributed by atoms with E-state index in [9.17, 15) is 4.79 Å². The largest absolute Gasteiger partial charge is 0.299 e. The van der Waals surface area contributed by atoms with Crippen molar-refractivity contribution < 1.29 is 4.79 Å². The highest BCUT2D eigenvalue weighted by Crippen LogP contribution is 2.18. The number of halogens is 1. The van der Waals surface area contributed by atoms with Crippen LogP contribution in [0.15, 0.2) is 53.0 Å². The molecule has 1 aliphatic rings. The zero-order chi connectivity index (χ0) is 13.9. The van der Waals surface area contributed by atoms with Crippen LogP contribution in [0.2, 0.25) is 0 Å². The van der Waals surface area contributed by atoms with Crippen molar-refractivity contribution in [2.24, 2.45) is 0 Å². The molecule has 102 valence electrons. The molecular formula is C17H16BrNO. The Bertz CT molecular complexity index is 634. The summed E-state index contributed by atoms with van der Waals surface area (Å²) < 4.78 is 0.931. The van der Waals surface area contributed by atoms with Crippen LogP contribution < -0.4 is 0 Å². The molecule has 0 aliphatic carbocycles. The van der Waals surface area contributed by atoms with E-state index in [2.05, 4.69) is 26.9 Å². The molecule has 2 nitrogen and oxygen atoms in total. The monoisotopic (exact) mass is 329 g/mol. The van der Waals surface area contributed by atoms with Crippen LogP contribution in [0.25, 0.3) is 0 Å². The van der Waals surface area contributed by atoms with Gasteiger partial charge in [-0.3, -0.25) is 9.69 Å². The number of ketones is 1. The van der Waals surface area contributed by atoms with Crippen LogP contribution in [0.3, 0.4) is 0 Å². The quantitative estimate of drug-likeness (QED) is 0.793. The van der Waals surface area contributed by atoms with Gasteiger partial charge >= 0.3 is 0 Å². The van der Waals surface area contributed by atoms with Gasteiger partial charge in [0.15, 0.2) is 5.78 Å². The molecule has 0 atom stereocenters. The lowest BCUT2D eigenvalue weighted by Gasteiger charge is -2.30. The van der Waals surface area contributed by atoms with Crippen molar-refractivity contribution in [1.29, 1.82) is 0 Å². The second-order valence-corrected chi connectivity index (χ2v) is 6.09. The molecule has 1 aliphatic heterocycles. The van der Waals surface area contributed by atoms with Crippen molar-refractivity contribution in [3.05, 3.63) is 69.7 Å². The van der Waals surface area contributed by atoms with E-state index in [1.807, 2.05) is 42.5 Å². The summed E-state index contributed by atoms with van der Waals surface area (Å²) in [6.45, 7) is 3.28. The van der Waals surface area contributed by atoms with E-state index in [0.717, 1.165) is 22.1 Å². The minimum absolute atomic E-state index is 0.0803. The molecule has 3 rings (SSSR count). The van der Waals surface area contributed by atoms with E-state index in [0.29, 0.717) is 0 Å². The van der Waals surface area contributed by atoms with Gasteiger partial charge in [0.25, 0.3) is 0 Å². The first kappa shape index (κ1) is 13.5. The van der Waals surface area contributed by atoms with Crippen LogP contribution in [0.5, 0.6) is 0 Å². The minimum atomic E-state index is 0.0803. The highest BCUT2D eigenvalue weighted by molar-refractivity contribution is 9.10. The van der Waals surface area contributed by atoms with E-state index in [1.54, 1.807) is 0 Å². The Hall–Kier alpha value is -1.45. The summed E-state index contributed by atoms with van der Waals surface area (Å²) in [6.07, 6.45) is 1.29. The van der Waals surface area contributed by atoms with E-state index in [4.69, 9.17) is 0 Å². The van der Waals surface area contributed by atoms with Crippen molar-refractivity contribution in [2.45, 2.75) is 13.0 Å². The number of nitrogens with zero attached hydrogens (tertiary/aromatic N) is 1. The molecule has 2 aromatic rings. The first-order chi connectivity index (χ1) is 9.72.